The van der Waals surface area contributed by atoms with Crippen LogP contribution in [0.15, 0.2) is 64.6 Å². The summed E-state index contributed by atoms with van der Waals surface area (Å²) in [5.74, 6) is -0.975. The maximum absolute atomic E-state index is 13.3. The molecule has 1 amide bonds. The number of rotatable bonds is 7. The third kappa shape index (κ3) is 4.56. The minimum atomic E-state index is -0.944. The highest BCUT2D eigenvalue weighted by Gasteiger charge is 2.47. The number of hydrogen-bond donors (Lipinski definition) is 1. The molecule has 0 radical (unpaired) electrons. The number of aliphatic hydroxyl groups is 1. The maximum Gasteiger partial charge on any atom is 0.295 e. The molecule has 176 valence electrons. The Morgan fingerprint density at radius 2 is 1.88 bits per heavy atom. The number of carbonyl (C=O) groups excluding carboxylic acids is 2. The van der Waals surface area contributed by atoms with Gasteiger partial charge >= 0.3 is 0 Å². The van der Waals surface area contributed by atoms with E-state index in [2.05, 4.69) is 0 Å². The first kappa shape index (κ1) is 23.6. The van der Waals surface area contributed by atoms with Crippen LogP contribution in [-0.2, 0) is 16.0 Å². The van der Waals surface area contributed by atoms with Crippen LogP contribution < -0.4 is 4.74 Å². The van der Waals surface area contributed by atoms with Gasteiger partial charge in [-0.05, 0) is 68.3 Å². The van der Waals surface area contributed by atoms with E-state index in [4.69, 9.17) is 20.8 Å². The van der Waals surface area contributed by atoms with Gasteiger partial charge in [-0.25, -0.2) is 4.39 Å². The molecule has 4 rings (SSSR count). The first-order valence-electron chi connectivity index (χ1n) is 10.8. The quantitative estimate of drug-likeness (QED) is 0.275. The molecule has 1 fully saturated rings. The Morgan fingerprint density at radius 3 is 2.53 bits per heavy atom. The Bertz CT molecular complexity index is 1260. The lowest BCUT2D eigenvalue weighted by molar-refractivity contribution is -0.140. The van der Waals surface area contributed by atoms with Gasteiger partial charge in [0.2, 0.25) is 0 Å². The van der Waals surface area contributed by atoms with Gasteiger partial charge in [0.1, 0.15) is 34.9 Å². The number of likely N-dealkylation sites (tertiary alicyclic amines) is 1. The van der Waals surface area contributed by atoms with E-state index < -0.39 is 23.5 Å². The number of furan rings is 1. The van der Waals surface area contributed by atoms with Crippen LogP contribution in [0.1, 0.15) is 35.6 Å². The molecule has 1 aliphatic rings. The molecule has 8 heteroatoms. The zero-order valence-corrected chi connectivity index (χ0v) is 19.4. The van der Waals surface area contributed by atoms with E-state index in [1.54, 1.807) is 43.3 Å². The molecule has 0 spiro atoms. The minimum absolute atomic E-state index is 0.117. The summed E-state index contributed by atoms with van der Waals surface area (Å²) >= 11 is 6.33. The summed E-state index contributed by atoms with van der Waals surface area (Å²) in [5.41, 5.74) is 0.858. The van der Waals surface area contributed by atoms with Crippen molar-refractivity contribution >= 4 is 29.1 Å². The predicted molar refractivity (Wildman–Crippen MR) is 125 cm³/mol. The van der Waals surface area contributed by atoms with Gasteiger partial charge in [-0.3, -0.25) is 9.59 Å². The fourth-order valence-corrected chi connectivity index (χ4v) is 4.20. The molecular formula is C26H23ClFNO5. The fourth-order valence-electron chi connectivity index (χ4n) is 3.99. The Kier molecular flexibility index (Phi) is 6.75. The van der Waals surface area contributed by atoms with E-state index in [9.17, 15) is 19.1 Å². The summed E-state index contributed by atoms with van der Waals surface area (Å²) in [6.45, 7) is 4.13. The van der Waals surface area contributed by atoms with Crippen LogP contribution in [0.25, 0.3) is 5.76 Å². The second-order valence-electron chi connectivity index (χ2n) is 7.89. The third-order valence-electron chi connectivity index (χ3n) is 5.63. The Morgan fingerprint density at radius 1 is 1.15 bits per heavy atom. The summed E-state index contributed by atoms with van der Waals surface area (Å²) in [5, 5.41) is 11.4. The molecule has 0 aliphatic carbocycles. The van der Waals surface area contributed by atoms with Gasteiger partial charge in [-0.2, -0.15) is 0 Å². The average Bonchev–Trinajstić information content (AvgIpc) is 3.35. The van der Waals surface area contributed by atoms with E-state index in [-0.39, 0.29) is 28.5 Å². The maximum atomic E-state index is 13.3. The number of ether oxygens (including phenoxy) is 1. The number of halogens is 2. The molecule has 1 saturated heterocycles. The summed E-state index contributed by atoms with van der Waals surface area (Å²) in [6.07, 6.45) is 0.379. The molecule has 34 heavy (non-hydrogen) atoms. The highest BCUT2D eigenvalue weighted by molar-refractivity contribution is 6.47. The van der Waals surface area contributed by atoms with Gasteiger partial charge in [0.15, 0.2) is 0 Å². The van der Waals surface area contributed by atoms with E-state index in [0.29, 0.717) is 30.3 Å². The molecule has 3 aromatic rings. The van der Waals surface area contributed by atoms with Gasteiger partial charge in [0.05, 0.1) is 17.2 Å². The fraction of sp³-hybridized carbons (Fsp3) is 0.231. The van der Waals surface area contributed by atoms with Crippen molar-refractivity contribution in [1.29, 1.82) is 0 Å². The smallest absolute Gasteiger partial charge is 0.295 e. The zero-order chi connectivity index (χ0) is 24.4. The molecule has 1 unspecified atom stereocenters. The standard InChI is InChI=1S/C26H23ClFNO5/c1-3-33-18-9-10-20(27)19(14-18)24(30)22-23(21-11-4-15(2)34-21)29(26(32)25(22)31)13-12-16-5-7-17(28)8-6-16/h4-11,14,23,30H,3,12-13H2,1-2H3/b24-22+. The van der Waals surface area contributed by atoms with Crippen molar-refractivity contribution in [2.75, 3.05) is 13.2 Å². The molecule has 0 saturated carbocycles. The van der Waals surface area contributed by atoms with Crippen LogP contribution in [0.2, 0.25) is 5.02 Å². The van der Waals surface area contributed by atoms with Crippen molar-refractivity contribution in [3.05, 3.63) is 93.7 Å². The topological polar surface area (TPSA) is 80.0 Å². The van der Waals surface area contributed by atoms with Crippen LogP contribution >= 0.6 is 11.6 Å². The Hall–Kier alpha value is -3.58. The van der Waals surface area contributed by atoms with E-state index >= 15 is 0 Å². The highest BCUT2D eigenvalue weighted by Crippen LogP contribution is 2.41. The zero-order valence-electron chi connectivity index (χ0n) is 18.7. The van der Waals surface area contributed by atoms with E-state index in [1.165, 1.54) is 23.1 Å². The van der Waals surface area contributed by atoms with E-state index in [0.717, 1.165) is 5.56 Å². The van der Waals surface area contributed by atoms with E-state index in [1.807, 2.05) is 6.92 Å². The van der Waals surface area contributed by atoms with Gasteiger partial charge in [0.25, 0.3) is 11.7 Å². The van der Waals surface area contributed by atoms with Crippen molar-refractivity contribution in [3.8, 4) is 5.75 Å². The molecule has 6 nitrogen and oxygen atoms in total. The van der Waals surface area contributed by atoms with Crippen LogP contribution in [0.4, 0.5) is 4.39 Å². The number of Topliss-reactive ketones (excluding diaryl/α,β-unsaturated/α-hetero) is 1. The van der Waals surface area contributed by atoms with Crippen LogP contribution in [0.5, 0.6) is 5.75 Å². The Labute approximate surface area is 201 Å². The number of ketones is 1. The highest BCUT2D eigenvalue weighted by atomic mass is 35.5. The van der Waals surface area contributed by atoms with Gasteiger partial charge in [-0.15, -0.1) is 0 Å². The lowest BCUT2D eigenvalue weighted by Crippen LogP contribution is -2.31. The molecule has 1 atom stereocenters. The van der Waals surface area contributed by atoms with Gasteiger partial charge in [0, 0.05) is 12.1 Å². The number of benzene rings is 2. The number of hydrogen-bond acceptors (Lipinski definition) is 5. The van der Waals surface area contributed by atoms with Crippen LogP contribution in [0, 0.1) is 12.7 Å². The van der Waals surface area contributed by atoms with Crippen molar-refractivity contribution in [2.24, 2.45) is 0 Å². The Balaban J connectivity index is 1.78. The van der Waals surface area contributed by atoms with Crippen molar-refractivity contribution in [3.63, 3.8) is 0 Å². The van der Waals surface area contributed by atoms with Gasteiger partial charge < -0.3 is 19.2 Å². The second-order valence-corrected chi connectivity index (χ2v) is 8.30. The molecular weight excluding hydrogens is 461 g/mol. The lowest BCUT2D eigenvalue weighted by atomic mass is 9.99. The number of carbonyl (C=O) groups is 2. The van der Waals surface area contributed by atoms with Crippen molar-refractivity contribution in [2.45, 2.75) is 26.3 Å². The summed E-state index contributed by atoms with van der Waals surface area (Å²) in [4.78, 5) is 27.5. The van der Waals surface area contributed by atoms with Crippen LogP contribution in [-0.4, -0.2) is 34.8 Å². The second kappa shape index (κ2) is 9.73. The largest absolute Gasteiger partial charge is 0.507 e. The van der Waals surface area contributed by atoms with Crippen molar-refractivity contribution < 1.29 is 28.2 Å². The minimum Gasteiger partial charge on any atom is -0.507 e. The number of aliphatic hydroxyl groups excluding tert-OH is 1. The third-order valence-corrected chi connectivity index (χ3v) is 5.96. The molecule has 1 aliphatic heterocycles. The first-order chi connectivity index (χ1) is 16.3. The molecule has 2 heterocycles. The summed E-state index contributed by atoms with van der Waals surface area (Å²) in [7, 11) is 0. The molecule has 2 aromatic carbocycles. The first-order valence-corrected chi connectivity index (χ1v) is 11.2. The monoisotopic (exact) mass is 483 g/mol. The number of aryl methyl sites for hydroxylation is 1. The SMILES string of the molecule is CCOc1ccc(Cl)c(/C(O)=C2\C(=O)C(=O)N(CCc3ccc(F)cc3)C2c2ccc(C)o2)c1. The summed E-state index contributed by atoms with van der Waals surface area (Å²) < 4.78 is 24.5. The lowest BCUT2D eigenvalue weighted by Gasteiger charge is -2.23. The van der Waals surface area contributed by atoms with Gasteiger partial charge in [-0.1, -0.05) is 23.7 Å². The summed E-state index contributed by atoms with van der Waals surface area (Å²) in [6, 6.07) is 13.1. The molecule has 0 bridgehead atoms. The number of nitrogens with zero attached hydrogens (tertiary/aromatic N) is 1. The van der Waals surface area contributed by atoms with Crippen molar-refractivity contribution in [1.82, 2.24) is 4.90 Å². The average molecular weight is 484 g/mol. The van der Waals surface area contributed by atoms with Crippen LogP contribution in [0.3, 0.4) is 0 Å². The normalized spacial score (nSPS) is 17.4. The predicted octanol–water partition coefficient (Wildman–Crippen LogP) is 5.44. The molecule has 1 aromatic heterocycles. The number of amides is 1. The molecule has 1 N–H and O–H groups in total.